The number of rotatable bonds is 5. The molecule has 5 nitrogen and oxygen atoms in total. The Hall–Kier alpha value is -2.95. The summed E-state index contributed by atoms with van der Waals surface area (Å²) >= 11 is 0. The molecule has 0 aliphatic rings. The van der Waals surface area contributed by atoms with Gasteiger partial charge in [0.2, 0.25) is 11.8 Å². The van der Waals surface area contributed by atoms with Gasteiger partial charge in [-0.3, -0.25) is 4.79 Å². The molecular weight excluding hydrogens is 290 g/mol. The lowest BCUT2D eigenvalue weighted by Gasteiger charge is -2.02. The molecule has 1 aromatic heterocycles. The Bertz CT molecular complexity index is 797. The number of carbonyl (C=O) groups excluding carboxylic acids is 1. The molecule has 1 N–H and O–H groups in total. The molecule has 0 atom stereocenters. The molecule has 0 unspecified atom stereocenters. The maximum Gasteiger partial charge on any atom is 0.251 e. The van der Waals surface area contributed by atoms with Gasteiger partial charge in [0.05, 0.1) is 0 Å². The zero-order valence-corrected chi connectivity index (χ0v) is 12.8. The van der Waals surface area contributed by atoms with Gasteiger partial charge in [-0.2, -0.15) is 0 Å². The number of benzene rings is 2. The van der Waals surface area contributed by atoms with Crippen LogP contribution < -0.4 is 5.32 Å². The van der Waals surface area contributed by atoms with Crippen molar-refractivity contribution in [3.05, 3.63) is 71.6 Å². The van der Waals surface area contributed by atoms with Crippen molar-refractivity contribution in [3.63, 3.8) is 0 Å². The van der Waals surface area contributed by atoms with Gasteiger partial charge >= 0.3 is 0 Å². The minimum Gasteiger partial charge on any atom is -0.421 e. The van der Waals surface area contributed by atoms with E-state index in [-0.39, 0.29) is 5.91 Å². The Labute approximate surface area is 134 Å². The zero-order valence-electron chi connectivity index (χ0n) is 12.8. The van der Waals surface area contributed by atoms with Crippen LogP contribution in [0, 0.1) is 6.92 Å². The lowest BCUT2D eigenvalue weighted by atomic mass is 10.1. The molecule has 0 aliphatic carbocycles. The van der Waals surface area contributed by atoms with Crippen LogP contribution in [-0.4, -0.2) is 22.6 Å². The molecule has 0 fully saturated rings. The summed E-state index contributed by atoms with van der Waals surface area (Å²) < 4.78 is 5.64. The molecule has 0 spiro atoms. The summed E-state index contributed by atoms with van der Waals surface area (Å²) in [4.78, 5) is 11.9. The van der Waals surface area contributed by atoms with Crippen LogP contribution in [0.3, 0.4) is 0 Å². The fraction of sp³-hybridized carbons (Fsp3) is 0.167. The standard InChI is InChI=1S/C18H17N3O2/c1-13-6-5-9-15(12-13)18-21-20-16(23-18)10-11-19-17(22)14-7-3-2-4-8-14/h2-9,12H,10-11H2,1H3,(H,19,22). The van der Waals surface area contributed by atoms with Crippen molar-refractivity contribution in [1.29, 1.82) is 0 Å². The summed E-state index contributed by atoms with van der Waals surface area (Å²) in [6.07, 6.45) is 0.497. The average Bonchev–Trinajstić information content (AvgIpc) is 3.04. The van der Waals surface area contributed by atoms with Crippen molar-refractivity contribution in [3.8, 4) is 11.5 Å². The van der Waals surface area contributed by atoms with E-state index in [4.69, 9.17) is 4.42 Å². The van der Waals surface area contributed by atoms with Crippen LogP contribution in [0.2, 0.25) is 0 Å². The molecule has 3 rings (SSSR count). The van der Waals surface area contributed by atoms with Gasteiger partial charge in [-0.15, -0.1) is 10.2 Å². The third-order valence-electron chi connectivity index (χ3n) is 3.39. The number of amides is 1. The highest BCUT2D eigenvalue weighted by Gasteiger charge is 2.09. The fourth-order valence-electron chi connectivity index (χ4n) is 2.22. The molecule has 2 aromatic carbocycles. The van der Waals surface area contributed by atoms with E-state index in [0.717, 1.165) is 11.1 Å². The number of nitrogens with zero attached hydrogens (tertiary/aromatic N) is 2. The average molecular weight is 307 g/mol. The summed E-state index contributed by atoms with van der Waals surface area (Å²) in [6.45, 7) is 2.46. The minimum atomic E-state index is -0.107. The topological polar surface area (TPSA) is 68.0 Å². The Morgan fingerprint density at radius 1 is 1.09 bits per heavy atom. The van der Waals surface area contributed by atoms with E-state index in [2.05, 4.69) is 15.5 Å². The third-order valence-corrected chi connectivity index (χ3v) is 3.39. The third kappa shape index (κ3) is 3.83. The quantitative estimate of drug-likeness (QED) is 0.786. The maximum absolute atomic E-state index is 11.9. The molecular formula is C18H17N3O2. The van der Waals surface area contributed by atoms with Crippen LogP contribution >= 0.6 is 0 Å². The molecule has 23 heavy (non-hydrogen) atoms. The predicted molar refractivity (Wildman–Crippen MR) is 87.0 cm³/mol. The number of nitrogens with one attached hydrogen (secondary N) is 1. The van der Waals surface area contributed by atoms with E-state index >= 15 is 0 Å². The second-order valence-corrected chi connectivity index (χ2v) is 5.24. The first kappa shape index (κ1) is 15.0. The number of hydrogen-bond donors (Lipinski definition) is 1. The molecule has 3 aromatic rings. The van der Waals surface area contributed by atoms with E-state index in [9.17, 15) is 4.79 Å². The van der Waals surface area contributed by atoms with Crippen molar-refractivity contribution in [2.75, 3.05) is 6.54 Å². The number of aromatic nitrogens is 2. The van der Waals surface area contributed by atoms with Gasteiger partial charge in [0.15, 0.2) is 0 Å². The van der Waals surface area contributed by atoms with Gasteiger partial charge in [-0.05, 0) is 31.2 Å². The Kier molecular flexibility index (Phi) is 4.47. The van der Waals surface area contributed by atoms with Crippen LogP contribution in [0.15, 0.2) is 59.0 Å². The molecule has 0 saturated heterocycles. The highest BCUT2D eigenvalue weighted by Crippen LogP contribution is 2.18. The van der Waals surface area contributed by atoms with Crippen molar-refractivity contribution >= 4 is 5.91 Å². The first-order chi connectivity index (χ1) is 11.2. The summed E-state index contributed by atoms with van der Waals surface area (Å²) in [5.74, 6) is 0.900. The largest absolute Gasteiger partial charge is 0.421 e. The number of hydrogen-bond acceptors (Lipinski definition) is 4. The Balaban J connectivity index is 1.57. The summed E-state index contributed by atoms with van der Waals surface area (Å²) in [5.41, 5.74) is 2.67. The smallest absolute Gasteiger partial charge is 0.251 e. The van der Waals surface area contributed by atoms with Gasteiger partial charge < -0.3 is 9.73 Å². The molecule has 1 amide bonds. The monoisotopic (exact) mass is 307 g/mol. The van der Waals surface area contributed by atoms with Crippen LogP contribution in [0.5, 0.6) is 0 Å². The van der Waals surface area contributed by atoms with Crippen molar-refractivity contribution < 1.29 is 9.21 Å². The first-order valence-electron chi connectivity index (χ1n) is 7.45. The van der Waals surface area contributed by atoms with E-state index in [0.29, 0.717) is 30.3 Å². The number of aryl methyl sites for hydroxylation is 1. The van der Waals surface area contributed by atoms with E-state index < -0.39 is 0 Å². The molecule has 1 heterocycles. The van der Waals surface area contributed by atoms with Gasteiger partial charge in [0.25, 0.3) is 5.91 Å². The summed E-state index contributed by atoms with van der Waals surface area (Å²) in [5, 5.41) is 10.9. The van der Waals surface area contributed by atoms with Gasteiger partial charge in [-0.25, -0.2) is 0 Å². The van der Waals surface area contributed by atoms with Crippen molar-refractivity contribution in [2.45, 2.75) is 13.3 Å². The lowest BCUT2D eigenvalue weighted by Crippen LogP contribution is -2.25. The molecule has 0 aliphatic heterocycles. The maximum atomic E-state index is 11.9. The van der Waals surface area contributed by atoms with Crippen LogP contribution in [0.25, 0.3) is 11.5 Å². The van der Waals surface area contributed by atoms with Crippen LogP contribution in [0.4, 0.5) is 0 Å². The minimum absolute atomic E-state index is 0.107. The molecule has 0 saturated carbocycles. The molecule has 5 heteroatoms. The lowest BCUT2D eigenvalue weighted by molar-refractivity contribution is 0.0953. The predicted octanol–water partition coefficient (Wildman–Crippen LogP) is 3.02. The Morgan fingerprint density at radius 3 is 2.70 bits per heavy atom. The SMILES string of the molecule is Cc1cccc(-c2nnc(CCNC(=O)c3ccccc3)o2)c1. The second kappa shape index (κ2) is 6.87. The number of carbonyl (C=O) groups is 1. The second-order valence-electron chi connectivity index (χ2n) is 5.24. The van der Waals surface area contributed by atoms with Gasteiger partial charge in [-0.1, -0.05) is 35.9 Å². The normalized spacial score (nSPS) is 10.5. The molecule has 116 valence electrons. The molecule has 0 radical (unpaired) electrons. The molecule has 0 bridgehead atoms. The first-order valence-corrected chi connectivity index (χ1v) is 7.45. The van der Waals surface area contributed by atoms with E-state index in [1.54, 1.807) is 12.1 Å². The summed E-state index contributed by atoms with van der Waals surface area (Å²) in [7, 11) is 0. The highest BCUT2D eigenvalue weighted by atomic mass is 16.4. The highest BCUT2D eigenvalue weighted by molar-refractivity contribution is 5.94. The van der Waals surface area contributed by atoms with E-state index in [1.165, 1.54) is 0 Å². The van der Waals surface area contributed by atoms with Crippen molar-refractivity contribution in [1.82, 2.24) is 15.5 Å². The van der Waals surface area contributed by atoms with E-state index in [1.807, 2.05) is 49.4 Å². The van der Waals surface area contributed by atoms with Gasteiger partial charge in [0.1, 0.15) is 0 Å². The van der Waals surface area contributed by atoms with Gasteiger partial charge in [0, 0.05) is 24.1 Å². The zero-order chi connectivity index (χ0) is 16.1. The Morgan fingerprint density at radius 2 is 1.91 bits per heavy atom. The van der Waals surface area contributed by atoms with Crippen molar-refractivity contribution in [2.24, 2.45) is 0 Å². The fourth-order valence-corrected chi connectivity index (χ4v) is 2.22. The van der Waals surface area contributed by atoms with Crippen LogP contribution in [0.1, 0.15) is 21.8 Å². The van der Waals surface area contributed by atoms with Crippen LogP contribution in [-0.2, 0) is 6.42 Å². The summed E-state index contributed by atoms with van der Waals surface area (Å²) in [6, 6.07) is 17.0.